The molecule has 2 amide bonds. The molecule has 3 aromatic carbocycles. The van der Waals surface area contributed by atoms with Gasteiger partial charge in [-0.3, -0.25) is 9.59 Å². The first-order valence-corrected chi connectivity index (χ1v) is 11.7. The first kappa shape index (κ1) is 27.2. The van der Waals surface area contributed by atoms with E-state index >= 15 is 0 Å². The van der Waals surface area contributed by atoms with E-state index in [1.165, 1.54) is 30.0 Å². The predicted octanol–water partition coefficient (Wildman–Crippen LogP) is 4.81. The molecule has 10 nitrogen and oxygen atoms in total. The molecule has 1 atom stereocenters. The Morgan fingerprint density at radius 1 is 0.757 bits per heavy atom. The molecular formula is C25H19ClN2O8S. The highest BCUT2D eigenvalue weighted by atomic mass is 35.5. The Morgan fingerprint density at radius 3 is 1.95 bits per heavy atom. The third-order valence-corrected chi connectivity index (χ3v) is 6.45. The zero-order valence-corrected chi connectivity index (χ0v) is 20.6. The minimum absolute atomic E-state index is 0.0223. The Bertz CT molecular complexity index is 1410. The van der Waals surface area contributed by atoms with Crippen LogP contribution in [0.2, 0.25) is 5.02 Å². The zero-order chi connectivity index (χ0) is 27.3. The van der Waals surface area contributed by atoms with Crippen LogP contribution in [-0.2, 0) is 4.79 Å². The van der Waals surface area contributed by atoms with Crippen LogP contribution in [0.4, 0.5) is 11.4 Å². The van der Waals surface area contributed by atoms with E-state index in [1.807, 2.05) is 0 Å². The molecule has 0 aliphatic carbocycles. The molecule has 0 aliphatic rings. The number of rotatable bonds is 9. The number of halogens is 1. The lowest BCUT2D eigenvalue weighted by molar-refractivity contribution is -0.115. The molecule has 0 heterocycles. The molecule has 0 spiro atoms. The van der Waals surface area contributed by atoms with Crippen LogP contribution in [0.1, 0.15) is 48.4 Å². The van der Waals surface area contributed by atoms with E-state index in [4.69, 9.17) is 21.8 Å². The van der Waals surface area contributed by atoms with Gasteiger partial charge in [0.15, 0.2) is 0 Å². The highest BCUT2D eigenvalue weighted by Gasteiger charge is 2.20. The first-order valence-electron chi connectivity index (χ1n) is 10.5. The van der Waals surface area contributed by atoms with Crippen molar-refractivity contribution in [2.24, 2.45) is 0 Å². The van der Waals surface area contributed by atoms with E-state index in [2.05, 4.69) is 10.6 Å². The van der Waals surface area contributed by atoms with Gasteiger partial charge in [0.2, 0.25) is 5.91 Å². The first-order chi connectivity index (χ1) is 17.5. The van der Waals surface area contributed by atoms with Crippen LogP contribution in [0.5, 0.6) is 0 Å². The minimum Gasteiger partial charge on any atom is -0.478 e. The number of amides is 2. The van der Waals surface area contributed by atoms with Crippen LogP contribution in [-0.4, -0.2) is 50.3 Å². The number of hydrogen-bond donors (Lipinski definition) is 5. The number of aromatic carboxylic acids is 3. The van der Waals surface area contributed by atoms with E-state index in [0.29, 0.717) is 10.6 Å². The minimum atomic E-state index is -1.44. The van der Waals surface area contributed by atoms with Crippen molar-refractivity contribution in [2.45, 2.75) is 17.1 Å². The average Bonchev–Trinajstić information content (AvgIpc) is 2.85. The van der Waals surface area contributed by atoms with Gasteiger partial charge in [-0.15, -0.1) is 11.8 Å². The summed E-state index contributed by atoms with van der Waals surface area (Å²) >= 11 is 7.26. The topological polar surface area (TPSA) is 170 Å². The Hall–Kier alpha value is -4.35. The fourth-order valence-corrected chi connectivity index (χ4v) is 4.15. The van der Waals surface area contributed by atoms with Crippen molar-refractivity contribution in [3.05, 3.63) is 87.9 Å². The number of nitrogens with one attached hydrogen (secondary N) is 2. The molecule has 3 rings (SSSR count). The average molecular weight is 543 g/mol. The van der Waals surface area contributed by atoms with Crippen LogP contribution in [0.3, 0.4) is 0 Å². The maximum atomic E-state index is 12.6. The second kappa shape index (κ2) is 11.6. The van der Waals surface area contributed by atoms with Crippen LogP contribution in [0.15, 0.2) is 65.6 Å². The fraction of sp³-hybridized carbons (Fsp3) is 0.0800. The van der Waals surface area contributed by atoms with Gasteiger partial charge in [0.05, 0.1) is 38.2 Å². The largest absolute Gasteiger partial charge is 0.478 e. The van der Waals surface area contributed by atoms with Crippen LogP contribution < -0.4 is 10.6 Å². The van der Waals surface area contributed by atoms with Gasteiger partial charge in [-0.1, -0.05) is 11.6 Å². The Kier molecular flexibility index (Phi) is 8.53. The standard InChI is InChI=1S/C25H19ClN2O8S/c1-12(21(29)28-20-11-14(24(33)34)3-9-19(20)26)37-16-6-4-15(5-7-16)27-22(30)17-8-2-13(23(31)32)10-18(17)25(35)36/h2-12H,1H3,(H,27,30)(H,28,29)(H,31,32)(H,33,34)(H,35,36). The second-order valence-corrected chi connectivity index (χ2v) is 9.42. The van der Waals surface area contributed by atoms with E-state index in [0.717, 1.165) is 18.2 Å². The van der Waals surface area contributed by atoms with E-state index in [1.54, 1.807) is 31.2 Å². The van der Waals surface area contributed by atoms with Crippen molar-refractivity contribution in [3.8, 4) is 0 Å². The smallest absolute Gasteiger partial charge is 0.336 e. The van der Waals surface area contributed by atoms with Gasteiger partial charge in [0.25, 0.3) is 5.91 Å². The Labute approximate surface area is 219 Å². The Morgan fingerprint density at radius 2 is 1.35 bits per heavy atom. The van der Waals surface area contributed by atoms with Crippen LogP contribution in [0.25, 0.3) is 0 Å². The molecule has 37 heavy (non-hydrogen) atoms. The normalized spacial score (nSPS) is 11.3. The van der Waals surface area contributed by atoms with Crippen molar-refractivity contribution >= 4 is 64.5 Å². The van der Waals surface area contributed by atoms with E-state index in [-0.39, 0.29) is 27.4 Å². The fourth-order valence-electron chi connectivity index (χ4n) is 3.11. The summed E-state index contributed by atoms with van der Waals surface area (Å²) in [7, 11) is 0. The predicted molar refractivity (Wildman–Crippen MR) is 137 cm³/mol. The summed E-state index contributed by atoms with van der Waals surface area (Å²) in [6, 6.07) is 13.6. The maximum absolute atomic E-state index is 12.6. The van der Waals surface area contributed by atoms with Crippen LogP contribution in [0, 0.1) is 0 Å². The number of hydrogen-bond acceptors (Lipinski definition) is 6. The van der Waals surface area contributed by atoms with Crippen molar-refractivity contribution in [1.82, 2.24) is 0 Å². The highest BCUT2D eigenvalue weighted by molar-refractivity contribution is 8.00. The number of carboxylic acids is 3. The molecule has 0 bridgehead atoms. The number of carbonyl (C=O) groups is 5. The molecule has 0 fully saturated rings. The second-order valence-electron chi connectivity index (χ2n) is 7.60. The number of benzene rings is 3. The molecular weight excluding hydrogens is 524 g/mol. The Balaban J connectivity index is 1.66. The van der Waals surface area contributed by atoms with E-state index in [9.17, 15) is 29.1 Å². The van der Waals surface area contributed by atoms with Gasteiger partial charge < -0.3 is 26.0 Å². The summed E-state index contributed by atoms with van der Waals surface area (Å²) in [5, 5.41) is 32.3. The molecule has 0 aromatic heterocycles. The molecule has 0 radical (unpaired) electrons. The molecule has 190 valence electrons. The van der Waals surface area contributed by atoms with Gasteiger partial charge in [-0.2, -0.15) is 0 Å². The third kappa shape index (κ3) is 6.87. The lowest BCUT2D eigenvalue weighted by Crippen LogP contribution is -2.22. The molecule has 5 N–H and O–H groups in total. The van der Waals surface area contributed by atoms with Gasteiger partial charge >= 0.3 is 17.9 Å². The van der Waals surface area contributed by atoms with Gasteiger partial charge in [-0.25, -0.2) is 14.4 Å². The molecule has 0 aliphatic heterocycles. The van der Waals surface area contributed by atoms with Crippen molar-refractivity contribution in [3.63, 3.8) is 0 Å². The van der Waals surface area contributed by atoms with Crippen molar-refractivity contribution < 1.29 is 39.3 Å². The molecule has 3 aromatic rings. The highest BCUT2D eigenvalue weighted by Crippen LogP contribution is 2.28. The molecule has 0 saturated heterocycles. The summed E-state index contributed by atoms with van der Waals surface area (Å²) < 4.78 is 0. The van der Waals surface area contributed by atoms with E-state index < -0.39 is 40.5 Å². The summed E-state index contributed by atoms with van der Waals surface area (Å²) in [5.74, 6) is -5.05. The maximum Gasteiger partial charge on any atom is 0.336 e. The number of thioether (sulfide) groups is 1. The zero-order valence-electron chi connectivity index (χ0n) is 19.0. The lowest BCUT2D eigenvalue weighted by atomic mass is 10.0. The summed E-state index contributed by atoms with van der Waals surface area (Å²) in [4.78, 5) is 59.6. The summed E-state index contributed by atoms with van der Waals surface area (Å²) in [5.41, 5.74) is -0.405. The number of carboxylic acid groups (broad SMARTS) is 3. The van der Waals surface area contributed by atoms with Crippen molar-refractivity contribution in [1.29, 1.82) is 0 Å². The van der Waals surface area contributed by atoms with Gasteiger partial charge in [-0.05, 0) is 67.6 Å². The van der Waals surface area contributed by atoms with Crippen LogP contribution >= 0.6 is 23.4 Å². The summed E-state index contributed by atoms with van der Waals surface area (Å²) in [6.07, 6.45) is 0. The van der Waals surface area contributed by atoms with Gasteiger partial charge in [0, 0.05) is 10.6 Å². The van der Waals surface area contributed by atoms with Crippen molar-refractivity contribution in [2.75, 3.05) is 10.6 Å². The lowest BCUT2D eigenvalue weighted by Gasteiger charge is -2.14. The SMILES string of the molecule is CC(Sc1ccc(NC(=O)c2ccc(C(=O)O)cc2C(=O)O)cc1)C(=O)Nc1cc(C(=O)O)ccc1Cl. The summed E-state index contributed by atoms with van der Waals surface area (Å²) in [6.45, 7) is 1.65. The van der Waals surface area contributed by atoms with Gasteiger partial charge in [0.1, 0.15) is 0 Å². The monoisotopic (exact) mass is 542 g/mol. The third-order valence-electron chi connectivity index (χ3n) is 5.01. The number of carbonyl (C=O) groups excluding carboxylic acids is 2. The molecule has 0 saturated carbocycles. The quantitative estimate of drug-likeness (QED) is 0.238. The molecule has 12 heteroatoms. The molecule has 1 unspecified atom stereocenters. The number of anilines is 2.